The Bertz CT molecular complexity index is 500. The molecule has 6 nitrogen and oxygen atoms in total. The van der Waals surface area contributed by atoms with Crippen molar-refractivity contribution in [2.45, 2.75) is 12.0 Å². The molecule has 0 saturated heterocycles. The summed E-state index contributed by atoms with van der Waals surface area (Å²) >= 11 is 0. The number of rotatable bonds is 3. The number of amides is 2. The fraction of sp³-hybridized carbons (Fsp3) is 0.273. The van der Waals surface area contributed by atoms with E-state index in [9.17, 15) is 14.7 Å². The van der Waals surface area contributed by atoms with E-state index >= 15 is 0 Å². The first kappa shape index (κ1) is 11.4. The molecule has 1 unspecified atom stereocenters. The molecule has 0 spiro atoms. The molecule has 17 heavy (non-hydrogen) atoms. The molecule has 2 rings (SSSR count). The quantitative estimate of drug-likeness (QED) is 0.671. The molecule has 0 radical (unpaired) electrons. The summed E-state index contributed by atoms with van der Waals surface area (Å²) in [4.78, 5) is 22.7. The molecule has 1 aromatic carbocycles. The van der Waals surface area contributed by atoms with Crippen LogP contribution in [0.25, 0.3) is 0 Å². The minimum atomic E-state index is -1.95. The van der Waals surface area contributed by atoms with Crippen LogP contribution in [0.2, 0.25) is 0 Å². The number of aliphatic hydroxyl groups is 1. The Kier molecular flexibility index (Phi) is 2.51. The van der Waals surface area contributed by atoms with Gasteiger partial charge < -0.3 is 20.9 Å². The highest BCUT2D eigenvalue weighted by atomic mass is 16.5. The SMILES string of the molecule is COc1cccc2c1C(O)(CC(N)=O)C(=O)N2. The summed E-state index contributed by atoms with van der Waals surface area (Å²) < 4.78 is 5.08. The lowest BCUT2D eigenvalue weighted by Crippen LogP contribution is -2.38. The zero-order valence-corrected chi connectivity index (χ0v) is 9.19. The van der Waals surface area contributed by atoms with Crippen molar-refractivity contribution in [3.63, 3.8) is 0 Å². The average Bonchev–Trinajstić information content (AvgIpc) is 2.50. The fourth-order valence-electron chi connectivity index (χ4n) is 1.99. The fourth-order valence-corrected chi connectivity index (χ4v) is 1.99. The zero-order valence-electron chi connectivity index (χ0n) is 9.19. The molecule has 1 aliphatic rings. The molecule has 2 amide bonds. The topological polar surface area (TPSA) is 102 Å². The standard InChI is InChI=1S/C11H12N2O4/c1-17-7-4-2-3-6-9(7)11(16,5-8(12)14)10(15)13-6/h2-4,16H,5H2,1H3,(H2,12,14)(H,13,15). The first-order valence-electron chi connectivity index (χ1n) is 4.98. The third kappa shape index (κ3) is 1.62. The number of nitrogens with two attached hydrogens (primary N) is 1. The monoisotopic (exact) mass is 236 g/mol. The average molecular weight is 236 g/mol. The first-order valence-corrected chi connectivity index (χ1v) is 4.98. The maximum atomic E-state index is 11.7. The lowest BCUT2D eigenvalue weighted by atomic mass is 9.91. The number of anilines is 1. The van der Waals surface area contributed by atoms with Gasteiger partial charge in [0.2, 0.25) is 5.91 Å². The van der Waals surface area contributed by atoms with E-state index in [1.807, 2.05) is 0 Å². The molecular weight excluding hydrogens is 224 g/mol. The van der Waals surface area contributed by atoms with Gasteiger partial charge in [0.05, 0.1) is 24.8 Å². The smallest absolute Gasteiger partial charge is 0.261 e. The molecule has 4 N–H and O–H groups in total. The van der Waals surface area contributed by atoms with Crippen molar-refractivity contribution in [1.82, 2.24) is 0 Å². The molecule has 0 bridgehead atoms. The van der Waals surface area contributed by atoms with Crippen LogP contribution in [0, 0.1) is 0 Å². The van der Waals surface area contributed by atoms with Gasteiger partial charge in [0.15, 0.2) is 5.60 Å². The highest BCUT2D eigenvalue weighted by molar-refractivity contribution is 6.07. The van der Waals surface area contributed by atoms with Crippen molar-refractivity contribution >= 4 is 17.5 Å². The molecule has 90 valence electrons. The molecule has 6 heteroatoms. The number of fused-ring (bicyclic) bond motifs is 1. The molecule has 0 aromatic heterocycles. The lowest BCUT2D eigenvalue weighted by Gasteiger charge is -2.20. The molecule has 0 aliphatic carbocycles. The van der Waals surface area contributed by atoms with E-state index in [2.05, 4.69) is 5.32 Å². The highest BCUT2D eigenvalue weighted by Gasteiger charge is 2.48. The van der Waals surface area contributed by atoms with Crippen LogP contribution in [-0.4, -0.2) is 24.0 Å². The van der Waals surface area contributed by atoms with Crippen molar-refractivity contribution in [3.05, 3.63) is 23.8 Å². The second-order valence-corrected chi connectivity index (χ2v) is 3.84. The van der Waals surface area contributed by atoms with E-state index in [0.29, 0.717) is 11.4 Å². The maximum absolute atomic E-state index is 11.7. The van der Waals surface area contributed by atoms with Crippen LogP contribution < -0.4 is 15.8 Å². The van der Waals surface area contributed by atoms with Gasteiger partial charge in [-0.2, -0.15) is 0 Å². The van der Waals surface area contributed by atoms with Gasteiger partial charge in [0, 0.05) is 0 Å². The number of methoxy groups -OCH3 is 1. The number of primary amides is 1. The summed E-state index contributed by atoms with van der Waals surface area (Å²) in [6.07, 6.45) is -0.480. The van der Waals surface area contributed by atoms with Gasteiger partial charge in [-0.15, -0.1) is 0 Å². The van der Waals surface area contributed by atoms with Crippen molar-refractivity contribution in [2.75, 3.05) is 12.4 Å². The molecule has 1 aliphatic heterocycles. The first-order chi connectivity index (χ1) is 7.99. The summed E-state index contributed by atoms with van der Waals surface area (Å²) in [5, 5.41) is 12.8. The summed E-state index contributed by atoms with van der Waals surface area (Å²) in [7, 11) is 1.42. The summed E-state index contributed by atoms with van der Waals surface area (Å²) in [6, 6.07) is 4.90. The Labute approximate surface area is 97.4 Å². The number of hydrogen-bond acceptors (Lipinski definition) is 4. The van der Waals surface area contributed by atoms with E-state index < -0.39 is 23.8 Å². The van der Waals surface area contributed by atoms with Gasteiger partial charge in [-0.05, 0) is 12.1 Å². The molecule has 1 atom stereocenters. The Hall–Kier alpha value is -2.08. The Balaban J connectivity index is 2.59. The number of benzene rings is 1. The van der Waals surface area contributed by atoms with Crippen LogP contribution in [0.15, 0.2) is 18.2 Å². The summed E-state index contributed by atoms with van der Waals surface area (Å²) in [6.45, 7) is 0. The van der Waals surface area contributed by atoms with Crippen LogP contribution >= 0.6 is 0 Å². The van der Waals surface area contributed by atoms with Crippen molar-refractivity contribution in [3.8, 4) is 5.75 Å². The van der Waals surface area contributed by atoms with Gasteiger partial charge in [-0.3, -0.25) is 9.59 Å². The summed E-state index contributed by atoms with van der Waals surface area (Å²) in [5.74, 6) is -1.10. The predicted molar refractivity (Wildman–Crippen MR) is 59.3 cm³/mol. The van der Waals surface area contributed by atoms with Crippen LogP contribution in [-0.2, 0) is 15.2 Å². The number of ether oxygens (including phenoxy) is 1. The van der Waals surface area contributed by atoms with Gasteiger partial charge in [-0.1, -0.05) is 6.07 Å². The van der Waals surface area contributed by atoms with Gasteiger partial charge in [-0.25, -0.2) is 0 Å². The molecule has 0 saturated carbocycles. The minimum Gasteiger partial charge on any atom is -0.496 e. The van der Waals surface area contributed by atoms with E-state index in [1.165, 1.54) is 7.11 Å². The van der Waals surface area contributed by atoms with Gasteiger partial charge >= 0.3 is 0 Å². The maximum Gasteiger partial charge on any atom is 0.261 e. The second-order valence-electron chi connectivity index (χ2n) is 3.84. The van der Waals surface area contributed by atoms with E-state index in [-0.39, 0.29) is 5.56 Å². The zero-order chi connectivity index (χ0) is 12.6. The third-order valence-corrected chi connectivity index (χ3v) is 2.71. The Morgan fingerprint density at radius 1 is 1.59 bits per heavy atom. The van der Waals surface area contributed by atoms with Crippen molar-refractivity contribution < 1.29 is 19.4 Å². The van der Waals surface area contributed by atoms with Crippen LogP contribution in [0.4, 0.5) is 5.69 Å². The molecule has 1 aromatic rings. The molecular formula is C11H12N2O4. The summed E-state index contributed by atoms with van der Waals surface area (Å²) in [5.41, 5.74) is 3.78. The van der Waals surface area contributed by atoms with E-state index in [1.54, 1.807) is 18.2 Å². The van der Waals surface area contributed by atoms with E-state index in [4.69, 9.17) is 10.5 Å². The van der Waals surface area contributed by atoms with Crippen LogP contribution in [0.1, 0.15) is 12.0 Å². The Morgan fingerprint density at radius 2 is 2.29 bits per heavy atom. The second kappa shape index (κ2) is 3.74. The Morgan fingerprint density at radius 3 is 2.88 bits per heavy atom. The number of carbonyl (C=O) groups excluding carboxylic acids is 2. The van der Waals surface area contributed by atoms with E-state index in [0.717, 1.165) is 0 Å². The largest absolute Gasteiger partial charge is 0.496 e. The van der Waals surface area contributed by atoms with Crippen molar-refractivity contribution in [2.24, 2.45) is 5.73 Å². The number of nitrogens with one attached hydrogen (secondary N) is 1. The lowest BCUT2D eigenvalue weighted by molar-refractivity contribution is -0.139. The number of hydrogen-bond donors (Lipinski definition) is 3. The molecule has 1 heterocycles. The highest BCUT2D eigenvalue weighted by Crippen LogP contribution is 2.43. The molecule has 0 fully saturated rings. The predicted octanol–water partition coefficient (Wildman–Crippen LogP) is -0.290. The van der Waals surface area contributed by atoms with Crippen LogP contribution in [0.5, 0.6) is 5.75 Å². The third-order valence-electron chi connectivity index (χ3n) is 2.71. The van der Waals surface area contributed by atoms with Gasteiger partial charge in [0.25, 0.3) is 5.91 Å². The van der Waals surface area contributed by atoms with Crippen LogP contribution in [0.3, 0.4) is 0 Å². The number of carbonyl (C=O) groups is 2. The normalized spacial score (nSPS) is 21.9. The van der Waals surface area contributed by atoms with Crippen molar-refractivity contribution in [1.29, 1.82) is 0 Å². The minimum absolute atomic E-state index is 0.256. The van der Waals surface area contributed by atoms with Gasteiger partial charge in [0.1, 0.15) is 5.75 Å².